The lowest BCUT2D eigenvalue weighted by Crippen LogP contribution is -2.28. The Bertz CT molecular complexity index is 615. The molecular weight excluding hydrogens is 256 g/mol. The SMILES string of the molecule is CCCC(CN)Nc1ccc2ncccc2c1[N+](=O)[O-]. The molecule has 0 fully saturated rings. The summed E-state index contributed by atoms with van der Waals surface area (Å²) in [5, 5.41) is 15.1. The van der Waals surface area contributed by atoms with Gasteiger partial charge in [-0.25, -0.2) is 0 Å². The van der Waals surface area contributed by atoms with Gasteiger partial charge in [-0.2, -0.15) is 0 Å². The monoisotopic (exact) mass is 274 g/mol. The first-order chi connectivity index (χ1) is 9.67. The molecule has 0 aliphatic rings. The Morgan fingerprint density at radius 1 is 1.45 bits per heavy atom. The molecule has 0 amide bonds. The molecule has 0 spiro atoms. The summed E-state index contributed by atoms with van der Waals surface area (Å²) in [5.41, 5.74) is 6.88. The lowest BCUT2D eigenvalue weighted by Gasteiger charge is -2.17. The van der Waals surface area contributed by atoms with Crippen molar-refractivity contribution >= 4 is 22.3 Å². The van der Waals surface area contributed by atoms with Gasteiger partial charge in [0.05, 0.1) is 15.8 Å². The summed E-state index contributed by atoms with van der Waals surface area (Å²) < 4.78 is 0. The Morgan fingerprint density at radius 2 is 2.25 bits per heavy atom. The van der Waals surface area contributed by atoms with E-state index in [-0.39, 0.29) is 16.7 Å². The van der Waals surface area contributed by atoms with Crippen LogP contribution in [0.5, 0.6) is 0 Å². The molecule has 2 rings (SSSR count). The van der Waals surface area contributed by atoms with E-state index < -0.39 is 0 Å². The minimum Gasteiger partial charge on any atom is -0.375 e. The highest BCUT2D eigenvalue weighted by Gasteiger charge is 2.20. The highest BCUT2D eigenvalue weighted by molar-refractivity contribution is 5.94. The average molecular weight is 274 g/mol. The van der Waals surface area contributed by atoms with Gasteiger partial charge in [0.15, 0.2) is 0 Å². The van der Waals surface area contributed by atoms with Crippen LogP contribution in [0.15, 0.2) is 30.5 Å². The van der Waals surface area contributed by atoms with Crippen LogP contribution in [-0.4, -0.2) is 22.5 Å². The Kier molecular flexibility index (Phi) is 4.47. The molecule has 0 saturated heterocycles. The number of hydrogen-bond acceptors (Lipinski definition) is 5. The number of aromatic nitrogens is 1. The topological polar surface area (TPSA) is 94.1 Å². The van der Waals surface area contributed by atoms with Gasteiger partial charge >= 0.3 is 5.69 Å². The summed E-state index contributed by atoms with van der Waals surface area (Å²) in [6.07, 6.45) is 3.47. The van der Waals surface area contributed by atoms with Gasteiger partial charge in [0.2, 0.25) is 0 Å². The van der Waals surface area contributed by atoms with Crippen LogP contribution in [0.3, 0.4) is 0 Å². The Morgan fingerprint density at radius 3 is 2.90 bits per heavy atom. The maximum absolute atomic E-state index is 11.4. The number of nitrogens with two attached hydrogens (primary N) is 1. The van der Waals surface area contributed by atoms with Crippen molar-refractivity contribution in [1.82, 2.24) is 4.98 Å². The predicted octanol–water partition coefficient (Wildman–Crippen LogP) is 2.68. The molecule has 1 aromatic heterocycles. The number of nitro groups is 1. The van der Waals surface area contributed by atoms with E-state index in [0.717, 1.165) is 12.8 Å². The van der Waals surface area contributed by atoms with Gasteiger partial charge in [0.1, 0.15) is 5.69 Å². The normalized spacial score (nSPS) is 12.3. The number of hydrogen-bond donors (Lipinski definition) is 2. The van der Waals surface area contributed by atoms with E-state index >= 15 is 0 Å². The van der Waals surface area contributed by atoms with Crippen LogP contribution in [0.25, 0.3) is 10.9 Å². The minimum atomic E-state index is -0.369. The first-order valence-corrected chi connectivity index (χ1v) is 6.66. The van der Waals surface area contributed by atoms with Crippen LogP contribution < -0.4 is 11.1 Å². The zero-order valence-electron chi connectivity index (χ0n) is 11.4. The lowest BCUT2D eigenvalue weighted by atomic mass is 10.1. The smallest absolute Gasteiger partial charge is 0.301 e. The van der Waals surface area contributed by atoms with Crippen molar-refractivity contribution in [2.24, 2.45) is 5.73 Å². The molecule has 0 aliphatic heterocycles. The van der Waals surface area contributed by atoms with Crippen LogP contribution in [-0.2, 0) is 0 Å². The molecule has 6 heteroatoms. The Balaban J connectivity index is 2.47. The van der Waals surface area contributed by atoms with Gasteiger partial charge in [0.25, 0.3) is 0 Å². The largest absolute Gasteiger partial charge is 0.375 e. The molecule has 0 aliphatic carbocycles. The van der Waals surface area contributed by atoms with Crippen molar-refractivity contribution in [3.05, 3.63) is 40.6 Å². The van der Waals surface area contributed by atoms with Crippen LogP contribution in [0.2, 0.25) is 0 Å². The van der Waals surface area contributed by atoms with Crippen molar-refractivity contribution in [3.8, 4) is 0 Å². The summed E-state index contributed by atoms with van der Waals surface area (Å²) in [6.45, 7) is 2.50. The van der Waals surface area contributed by atoms with Crippen molar-refractivity contribution < 1.29 is 4.92 Å². The molecule has 6 nitrogen and oxygen atoms in total. The molecule has 0 radical (unpaired) electrons. The number of nitrogens with one attached hydrogen (secondary N) is 1. The van der Waals surface area contributed by atoms with E-state index in [9.17, 15) is 10.1 Å². The van der Waals surface area contributed by atoms with Gasteiger partial charge in [0, 0.05) is 18.8 Å². The minimum absolute atomic E-state index is 0.0350. The third kappa shape index (κ3) is 2.85. The molecule has 1 atom stereocenters. The summed E-state index contributed by atoms with van der Waals surface area (Å²) in [7, 11) is 0. The second kappa shape index (κ2) is 6.29. The maximum atomic E-state index is 11.4. The molecule has 2 aromatic rings. The quantitative estimate of drug-likeness (QED) is 0.624. The standard InChI is InChI=1S/C14H18N4O2/c1-2-4-10(9-15)17-13-7-6-12-11(5-3-8-16-12)14(13)18(19)20/h3,5-8,10,17H,2,4,9,15H2,1H3. The zero-order valence-corrected chi connectivity index (χ0v) is 11.4. The van der Waals surface area contributed by atoms with Crippen LogP contribution in [0.1, 0.15) is 19.8 Å². The zero-order chi connectivity index (χ0) is 14.5. The third-order valence-electron chi connectivity index (χ3n) is 3.22. The second-order valence-corrected chi connectivity index (χ2v) is 4.65. The highest BCUT2D eigenvalue weighted by atomic mass is 16.6. The molecule has 1 aromatic carbocycles. The fourth-order valence-electron chi connectivity index (χ4n) is 2.27. The summed E-state index contributed by atoms with van der Waals surface area (Å²) in [6, 6.07) is 6.93. The second-order valence-electron chi connectivity index (χ2n) is 4.65. The van der Waals surface area contributed by atoms with Crippen LogP contribution >= 0.6 is 0 Å². The van der Waals surface area contributed by atoms with E-state index in [1.54, 1.807) is 30.5 Å². The van der Waals surface area contributed by atoms with Crippen molar-refractivity contribution in [2.75, 3.05) is 11.9 Å². The predicted molar refractivity (Wildman–Crippen MR) is 79.8 cm³/mol. The number of anilines is 1. The van der Waals surface area contributed by atoms with Gasteiger partial charge in [-0.1, -0.05) is 13.3 Å². The van der Waals surface area contributed by atoms with E-state index in [2.05, 4.69) is 17.2 Å². The molecule has 0 saturated carbocycles. The molecule has 1 heterocycles. The summed E-state index contributed by atoms with van der Waals surface area (Å²) in [5.74, 6) is 0. The van der Waals surface area contributed by atoms with Crippen LogP contribution in [0, 0.1) is 10.1 Å². The average Bonchev–Trinajstić information content (AvgIpc) is 2.46. The van der Waals surface area contributed by atoms with E-state index in [4.69, 9.17) is 5.73 Å². The number of nitro benzene ring substituents is 1. The fourth-order valence-corrected chi connectivity index (χ4v) is 2.27. The molecule has 20 heavy (non-hydrogen) atoms. The lowest BCUT2D eigenvalue weighted by molar-refractivity contribution is -0.382. The fraction of sp³-hybridized carbons (Fsp3) is 0.357. The third-order valence-corrected chi connectivity index (χ3v) is 3.22. The number of nitrogens with zero attached hydrogens (tertiary/aromatic N) is 2. The summed E-state index contributed by atoms with van der Waals surface area (Å²) in [4.78, 5) is 15.1. The van der Waals surface area contributed by atoms with Crippen LogP contribution in [0.4, 0.5) is 11.4 Å². The number of benzene rings is 1. The molecule has 106 valence electrons. The molecular formula is C14H18N4O2. The Hall–Kier alpha value is -2.21. The van der Waals surface area contributed by atoms with E-state index in [1.807, 2.05) is 0 Å². The number of pyridine rings is 1. The highest BCUT2D eigenvalue weighted by Crippen LogP contribution is 2.33. The Labute approximate surface area is 117 Å². The van der Waals surface area contributed by atoms with Gasteiger partial charge < -0.3 is 11.1 Å². The first-order valence-electron chi connectivity index (χ1n) is 6.66. The van der Waals surface area contributed by atoms with Crippen molar-refractivity contribution in [1.29, 1.82) is 0 Å². The molecule has 3 N–H and O–H groups in total. The van der Waals surface area contributed by atoms with Crippen molar-refractivity contribution in [2.45, 2.75) is 25.8 Å². The first kappa shape index (κ1) is 14.2. The van der Waals surface area contributed by atoms with Crippen molar-refractivity contribution in [3.63, 3.8) is 0 Å². The molecule has 0 bridgehead atoms. The maximum Gasteiger partial charge on any atom is 0.301 e. The number of rotatable bonds is 6. The van der Waals surface area contributed by atoms with Gasteiger partial charge in [-0.05, 0) is 30.7 Å². The van der Waals surface area contributed by atoms with E-state index in [1.165, 1.54) is 0 Å². The van der Waals surface area contributed by atoms with Gasteiger partial charge in [-0.15, -0.1) is 0 Å². The van der Waals surface area contributed by atoms with Gasteiger partial charge in [-0.3, -0.25) is 15.1 Å². The summed E-state index contributed by atoms with van der Waals surface area (Å²) >= 11 is 0. The number of fused-ring (bicyclic) bond motifs is 1. The van der Waals surface area contributed by atoms with E-state index in [0.29, 0.717) is 23.1 Å². The molecule has 1 unspecified atom stereocenters.